The van der Waals surface area contributed by atoms with Gasteiger partial charge in [-0.1, -0.05) is 133 Å². The van der Waals surface area contributed by atoms with Crippen molar-refractivity contribution in [2.24, 2.45) is 0 Å². The van der Waals surface area contributed by atoms with Crippen LogP contribution in [0, 0.1) is 0 Å². The van der Waals surface area contributed by atoms with Crippen molar-refractivity contribution in [3.63, 3.8) is 0 Å². The van der Waals surface area contributed by atoms with Crippen LogP contribution in [0.15, 0.2) is 170 Å². The second-order valence-corrected chi connectivity index (χ2v) is 14.5. The van der Waals surface area contributed by atoms with Crippen molar-refractivity contribution in [2.45, 2.75) is 0 Å². The van der Waals surface area contributed by atoms with Crippen LogP contribution >= 0.6 is 0 Å². The first-order chi connectivity index (χ1) is 26.8. The Balaban J connectivity index is 1.26. The van der Waals surface area contributed by atoms with Crippen LogP contribution in [-0.2, 0) is 0 Å². The molecule has 0 amide bonds. The molecule has 0 aliphatic heterocycles. The third-order valence-corrected chi connectivity index (χ3v) is 11.8. The van der Waals surface area contributed by atoms with Crippen LogP contribution in [0.1, 0.15) is 0 Å². The maximum atomic E-state index is 5.74. The number of benzene rings is 9. The second kappa shape index (κ2) is 10.2. The van der Waals surface area contributed by atoms with Crippen LogP contribution in [0.25, 0.3) is 121 Å². The summed E-state index contributed by atoms with van der Waals surface area (Å²) < 4.78 is 4.83. The molecular formula is C50H28N4. The average Bonchev–Trinajstić information content (AvgIpc) is 3.73. The van der Waals surface area contributed by atoms with Gasteiger partial charge in [-0.05, 0) is 63.7 Å². The highest BCUT2D eigenvalue weighted by Crippen LogP contribution is 2.51. The Morgan fingerprint density at radius 2 is 0.833 bits per heavy atom. The van der Waals surface area contributed by atoms with E-state index < -0.39 is 0 Å². The molecule has 1 aliphatic rings. The minimum atomic E-state index is 0.832. The molecular weight excluding hydrogens is 657 g/mol. The van der Waals surface area contributed by atoms with Gasteiger partial charge in [0.15, 0.2) is 5.82 Å². The monoisotopic (exact) mass is 684 g/mol. The van der Waals surface area contributed by atoms with Gasteiger partial charge in [-0.15, -0.1) is 0 Å². The lowest BCUT2D eigenvalue weighted by atomic mass is 9.98. The Hall–Kier alpha value is -7.30. The standard InChI is InChI=1S/C50H28N4/c1-3-13-30(14-4-1)47-50(52-49-37-20-10-8-18-33(37)32-17-7-9-19-36(32)48(49)51-47)54-39-24-12-22-35-34-21-11-23-38-43(34)45-40(53(38)31-15-5-2-6-16-31)27-25-29-26-28-41(54)46(42(29)45)44(35)39/h1-28H. The number of rotatable bonds is 3. The summed E-state index contributed by atoms with van der Waals surface area (Å²) in [5.41, 5.74) is 12.1. The summed E-state index contributed by atoms with van der Waals surface area (Å²) in [6.07, 6.45) is 0. The smallest absolute Gasteiger partial charge is 0.165 e. The molecule has 13 rings (SSSR count). The van der Waals surface area contributed by atoms with Crippen molar-refractivity contribution in [3.05, 3.63) is 170 Å². The van der Waals surface area contributed by atoms with Crippen molar-refractivity contribution >= 4 is 87.0 Å². The highest BCUT2D eigenvalue weighted by Gasteiger charge is 2.28. The van der Waals surface area contributed by atoms with Crippen LogP contribution < -0.4 is 0 Å². The lowest BCUT2D eigenvalue weighted by molar-refractivity contribution is 1.08. The summed E-state index contributed by atoms with van der Waals surface area (Å²) >= 11 is 0. The summed E-state index contributed by atoms with van der Waals surface area (Å²) in [4.78, 5) is 11.4. The van der Waals surface area contributed by atoms with E-state index in [1.807, 2.05) is 0 Å². The maximum absolute atomic E-state index is 5.74. The van der Waals surface area contributed by atoms with E-state index in [1.165, 1.54) is 65.3 Å². The molecule has 0 unspecified atom stereocenters. The summed E-state index contributed by atoms with van der Waals surface area (Å²) in [6.45, 7) is 0. The number of para-hydroxylation sites is 1. The van der Waals surface area contributed by atoms with Gasteiger partial charge in [-0.2, -0.15) is 0 Å². The van der Waals surface area contributed by atoms with Crippen LogP contribution in [0.3, 0.4) is 0 Å². The predicted octanol–water partition coefficient (Wildman–Crippen LogP) is 12.9. The van der Waals surface area contributed by atoms with Gasteiger partial charge in [0.1, 0.15) is 5.69 Å². The zero-order valence-electron chi connectivity index (χ0n) is 29.0. The fraction of sp³-hybridized carbons (Fsp3) is 0. The second-order valence-electron chi connectivity index (χ2n) is 14.5. The Bertz CT molecular complexity index is 3590. The SMILES string of the molecule is c1ccc(-c2nc3c4ccccc4c4ccccc4c3nc2-n2c3cccc4c3c3c5c(ccc6c5c5c-4cccc5n6-c4ccccc4)ccc32)cc1. The van der Waals surface area contributed by atoms with E-state index >= 15 is 0 Å². The topological polar surface area (TPSA) is 35.6 Å². The molecule has 248 valence electrons. The quantitative estimate of drug-likeness (QED) is 0.174. The fourth-order valence-electron chi connectivity index (χ4n) is 9.64. The van der Waals surface area contributed by atoms with Crippen LogP contribution in [0.4, 0.5) is 0 Å². The molecule has 0 saturated heterocycles. The van der Waals surface area contributed by atoms with Gasteiger partial charge in [0.05, 0.1) is 33.1 Å². The Labute approximate surface area is 308 Å². The molecule has 1 aliphatic carbocycles. The van der Waals surface area contributed by atoms with E-state index in [1.54, 1.807) is 0 Å². The molecule has 12 aromatic rings. The normalized spacial score (nSPS) is 12.4. The third kappa shape index (κ3) is 3.48. The van der Waals surface area contributed by atoms with Crippen molar-refractivity contribution in [1.29, 1.82) is 0 Å². The highest BCUT2D eigenvalue weighted by atomic mass is 15.1. The predicted molar refractivity (Wildman–Crippen MR) is 225 cm³/mol. The minimum absolute atomic E-state index is 0.832. The van der Waals surface area contributed by atoms with Crippen molar-refractivity contribution in [1.82, 2.24) is 19.1 Å². The maximum Gasteiger partial charge on any atom is 0.165 e. The number of hydrogen-bond acceptors (Lipinski definition) is 2. The summed E-state index contributed by atoms with van der Waals surface area (Å²) in [5, 5.41) is 12.2. The van der Waals surface area contributed by atoms with Crippen molar-refractivity contribution < 1.29 is 0 Å². The molecule has 54 heavy (non-hydrogen) atoms. The summed E-state index contributed by atoms with van der Waals surface area (Å²) in [5.74, 6) is 0.832. The molecule has 4 nitrogen and oxygen atoms in total. The summed E-state index contributed by atoms with van der Waals surface area (Å²) in [7, 11) is 0. The van der Waals surface area contributed by atoms with Crippen LogP contribution in [0.5, 0.6) is 0 Å². The number of fused-ring (bicyclic) bond motifs is 7. The summed E-state index contributed by atoms with van der Waals surface area (Å²) in [6, 6.07) is 61.3. The van der Waals surface area contributed by atoms with E-state index in [0.717, 1.165) is 55.6 Å². The lowest BCUT2D eigenvalue weighted by Crippen LogP contribution is -2.04. The van der Waals surface area contributed by atoms with Crippen LogP contribution in [0.2, 0.25) is 0 Å². The Morgan fingerprint density at radius 3 is 1.46 bits per heavy atom. The molecule has 0 bridgehead atoms. The van der Waals surface area contributed by atoms with E-state index in [4.69, 9.17) is 9.97 Å². The number of hydrogen-bond donors (Lipinski definition) is 0. The molecule has 0 fully saturated rings. The first-order valence-corrected chi connectivity index (χ1v) is 18.5. The minimum Gasteiger partial charge on any atom is -0.309 e. The van der Waals surface area contributed by atoms with Crippen LogP contribution in [-0.4, -0.2) is 19.1 Å². The molecule has 0 N–H and O–H groups in total. The zero-order chi connectivity index (χ0) is 35.1. The van der Waals surface area contributed by atoms with Gasteiger partial charge in [0, 0.05) is 49.0 Å². The van der Waals surface area contributed by atoms with Gasteiger partial charge in [0.2, 0.25) is 0 Å². The van der Waals surface area contributed by atoms with Gasteiger partial charge in [-0.3, -0.25) is 4.57 Å². The Kier molecular flexibility index (Phi) is 5.34. The molecule has 9 aromatic carbocycles. The van der Waals surface area contributed by atoms with Crippen molar-refractivity contribution in [2.75, 3.05) is 0 Å². The largest absolute Gasteiger partial charge is 0.309 e. The van der Waals surface area contributed by atoms with E-state index in [2.05, 4.69) is 179 Å². The first-order valence-electron chi connectivity index (χ1n) is 18.5. The number of aromatic nitrogens is 4. The van der Waals surface area contributed by atoms with Gasteiger partial charge >= 0.3 is 0 Å². The molecule has 0 radical (unpaired) electrons. The first kappa shape index (κ1) is 28.3. The molecule has 4 heteroatoms. The van der Waals surface area contributed by atoms with E-state index in [-0.39, 0.29) is 0 Å². The fourth-order valence-corrected chi connectivity index (χ4v) is 9.64. The van der Waals surface area contributed by atoms with Gasteiger partial charge in [0.25, 0.3) is 0 Å². The van der Waals surface area contributed by atoms with E-state index in [9.17, 15) is 0 Å². The number of nitrogens with zero attached hydrogens (tertiary/aromatic N) is 4. The van der Waals surface area contributed by atoms with Gasteiger partial charge in [-0.25, -0.2) is 9.97 Å². The molecule has 0 atom stereocenters. The average molecular weight is 685 g/mol. The molecule has 3 aromatic heterocycles. The van der Waals surface area contributed by atoms with Crippen molar-refractivity contribution in [3.8, 4) is 33.9 Å². The van der Waals surface area contributed by atoms with Gasteiger partial charge < -0.3 is 4.57 Å². The highest BCUT2D eigenvalue weighted by molar-refractivity contribution is 6.38. The molecule has 3 heterocycles. The molecule has 0 saturated carbocycles. The molecule has 0 spiro atoms. The van der Waals surface area contributed by atoms with E-state index in [0.29, 0.717) is 0 Å². The Morgan fingerprint density at radius 1 is 0.333 bits per heavy atom. The third-order valence-electron chi connectivity index (χ3n) is 11.8. The zero-order valence-corrected chi connectivity index (χ0v) is 29.0. The lowest BCUT2D eigenvalue weighted by Gasteiger charge is -2.16.